The van der Waals surface area contributed by atoms with Crippen LogP contribution in [0, 0.1) is 46.3 Å². The number of esters is 2. The Labute approximate surface area is 258 Å². The predicted molar refractivity (Wildman–Crippen MR) is 146 cm³/mol. The normalized spacial score (nSPS) is 40.0. The standard InChI is InChI=1S/C29H43F5O10S/c1-14(4-7-22(38)43-13-23(39)44-25(28(30,31)32)29(33,34)45(40,41)42)17-5-6-18-24-19(12-21(37)27(17,18)3)26(2)9-8-16(35)10-15(26)11-20(24)36/h14-21,24-25,35-37H,4-13H2,1-3H3,(H,40,41,42)/t14-,15?,16-,17-,18+,19+,20-,21+,24+,25?,26+,27-/m1/s1. The van der Waals surface area contributed by atoms with Crippen molar-refractivity contribution in [1.29, 1.82) is 0 Å². The molecule has 0 saturated heterocycles. The second-order valence-corrected chi connectivity index (χ2v) is 15.6. The van der Waals surface area contributed by atoms with Crippen LogP contribution in [-0.2, 0) is 29.2 Å². The molecular weight excluding hydrogens is 635 g/mol. The van der Waals surface area contributed by atoms with E-state index in [-0.39, 0.29) is 59.9 Å². The van der Waals surface area contributed by atoms with Gasteiger partial charge in [-0.2, -0.15) is 30.4 Å². The van der Waals surface area contributed by atoms with Crippen LogP contribution in [0.5, 0.6) is 0 Å². The average Bonchev–Trinajstić information content (AvgIpc) is 3.27. The van der Waals surface area contributed by atoms with Crippen molar-refractivity contribution >= 4 is 22.1 Å². The maximum Gasteiger partial charge on any atom is 0.432 e. The van der Waals surface area contributed by atoms with Crippen molar-refractivity contribution in [3.63, 3.8) is 0 Å². The zero-order valence-electron chi connectivity index (χ0n) is 25.4. The summed E-state index contributed by atoms with van der Waals surface area (Å²) in [6, 6.07) is 0. The van der Waals surface area contributed by atoms with Crippen LogP contribution in [0.25, 0.3) is 0 Å². The molecule has 0 aromatic rings. The number of carbonyl (C=O) groups is 2. The van der Waals surface area contributed by atoms with Gasteiger partial charge >= 0.3 is 33.5 Å². The number of hydrogen-bond acceptors (Lipinski definition) is 9. The Morgan fingerprint density at radius 1 is 0.956 bits per heavy atom. The van der Waals surface area contributed by atoms with E-state index in [2.05, 4.69) is 16.4 Å². The van der Waals surface area contributed by atoms with Crippen molar-refractivity contribution < 1.29 is 69.3 Å². The third-order valence-corrected chi connectivity index (χ3v) is 12.8. The largest absolute Gasteiger partial charge is 0.454 e. The molecule has 0 amide bonds. The fraction of sp³-hybridized carbons (Fsp3) is 0.931. The van der Waals surface area contributed by atoms with Crippen LogP contribution >= 0.6 is 0 Å². The van der Waals surface area contributed by atoms with Gasteiger partial charge in [0.15, 0.2) is 6.61 Å². The van der Waals surface area contributed by atoms with Crippen molar-refractivity contribution in [1.82, 2.24) is 0 Å². The van der Waals surface area contributed by atoms with Gasteiger partial charge in [0.2, 0.25) is 0 Å². The first kappa shape index (κ1) is 36.2. The Balaban J connectivity index is 1.35. The van der Waals surface area contributed by atoms with Crippen LogP contribution in [-0.4, -0.2) is 82.7 Å². The number of ether oxygens (including phenoxy) is 2. The van der Waals surface area contributed by atoms with Gasteiger partial charge in [0.1, 0.15) is 0 Å². The minimum Gasteiger partial charge on any atom is -0.454 e. The van der Waals surface area contributed by atoms with Crippen LogP contribution in [0.15, 0.2) is 0 Å². The number of carbonyl (C=O) groups excluding carboxylic acids is 2. The Kier molecular flexibility index (Phi) is 10.0. The molecule has 45 heavy (non-hydrogen) atoms. The van der Waals surface area contributed by atoms with E-state index in [1.165, 1.54) is 0 Å². The lowest BCUT2D eigenvalue weighted by Crippen LogP contribution is -2.62. The highest BCUT2D eigenvalue weighted by Gasteiger charge is 2.67. The third kappa shape index (κ3) is 6.59. The number of halogens is 5. The van der Waals surface area contributed by atoms with Gasteiger partial charge in [-0.3, -0.25) is 9.35 Å². The first-order chi connectivity index (χ1) is 20.5. The quantitative estimate of drug-likeness (QED) is 0.160. The number of fused-ring (bicyclic) bond motifs is 5. The molecular formula is C29H43F5O10S. The summed E-state index contributed by atoms with van der Waals surface area (Å²) in [5.41, 5.74) is -0.653. The summed E-state index contributed by atoms with van der Waals surface area (Å²) < 4.78 is 104. The molecule has 0 aromatic carbocycles. The molecule has 16 heteroatoms. The van der Waals surface area contributed by atoms with Gasteiger partial charge in [0, 0.05) is 6.42 Å². The van der Waals surface area contributed by atoms with Gasteiger partial charge in [-0.1, -0.05) is 20.8 Å². The first-order valence-corrected chi connectivity index (χ1v) is 16.8. The summed E-state index contributed by atoms with van der Waals surface area (Å²) in [4.78, 5) is 24.1. The van der Waals surface area contributed by atoms with Gasteiger partial charge in [-0.25, -0.2) is 4.79 Å². The molecule has 4 N–H and O–H groups in total. The smallest absolute Gasteiger partial charge is 0.432 e. The lowest BCUT2D eigenvalue weighted by atomic mass is 9.43. The molecule has 0 aliphatic heterocycles. The number of aliphatic hydroxyl groups excluding tert-OH is 3. The summed E-state index contributed by atoms with van der Waals surface area (Å²) in [5, 5.41) is 27.4. The number of alkyl halides is 5. The highest BCUT2D eigenvalue weighted by atomic mass is 32.2. The molecule has 2 unspecified atom stereocenters. The average molecular weight is 679 g/mol. The molecule has 0 radical (unpaired) electrons. The number of rotatable bonds is 9. The van der Waals surface area contributed by atoms with Crippen molar-refractivity contribution in [2.45, 2.75) is 114 Å². The predicted octanol–water partition coefficient (Wildman–Crippen LogP) is 3.86. The van der Waals surface area contributed by atoms with E-state index in [0.717, 1.165) is 19.3 Å². The summed E-state index contributed by atoms with van der Waals surface area (Å²) in [5.74, 6) is -3.03. The summed E-state index contributed by atoms with van der Waals surface area (Å²) in [6.45, 7) is 4.64. The highest BCUT2D eigenvalue weighted by Crippen LogP contribution is 2.68. The topological polar surface area (TPSA) is 168 Å². The Morgan fingerprint density at radius 2 is 1.60 bits per heavy atom. The summed E-state index contributed by atoms with van der Waals surface area (Å²) >= 11 is 0. The van der Waals surface area contributed by atoms with Crippen molar-refractivity contribution in [3.05, 3.63) is 0 Å². The molecule has 10 nitrogen and oxygen atoms in total. The zero-order chi connectivity index (χ0) is 33.9. The van der Waals surface area contributed by atoms with E-state index in [1.54, 1.807) is 0 Å². The molecule has 4 fully saturated rings. The minimum atomic E-state index is -6.60. The van der Waals surface area contributed by atoms with Gasteiger partial charge in [-0.15, -0.1) is 0 Å². The lowest BCUT2D eigenvalue weighted by molar-refractivity contribution is -0.260. The Hall–Kier alpha value is -1.62. The van der Waals surface area contributed by atoms with Crippen molar-refractivity contribution in [2.24, 2.45) is 46.3 Å². The van der Waals surface area contributed by atoms with Crippen LogP contribution in [0.2, 0.25) is 0 Å². The van der Waals surface area contributed by atoms with Gasteiger partial charge in [-0.05, 0) is 97.7 Å². The lowest BCUT2D eigenvalue weighted by Gasteiger charge is -2.63. The monoisotopic (exact) mass is 678 g/mol. The molecule has 260 valence electrons. The zero-order valence-corrected chi connectivity index (χ0v) is 26.2. The van der Waals surface area contributed by atoms with E-state index in [4.69, 9.17) is 4.55 Å². The molecule has 12 atom stereocenters. The minimum absolute atomic E-state index is 0.0169. The summed E-state index contributed by atoms with van der Waals surface area (Å²) in [6.07, 6.45) is -7.50. The second-order valence-electron chi connectivity index (χ2n) is 14.2. The highest BCUT2D eigenvalue weighted by molar-refractivity contribution is 7.86. The van der Waals surface area contributed by atoms with E-state index in [0.29, 0.717) is 25.7 Å². The molecule has 0 bridgehead atoms. The fourth-order valence-electron chi connectivity index (χ4n) is 9.52. The molecule has 0 aromatic heterocycles. The van der Waals surface area contributed by atoms with Gasteiger partial charge in [0.05, 0.1) is 18.3 Å². The van der Waals surface area contributed by atoms with E-state index < -0.39 is 63.8 Å². The molecule has 4 aliphatic carbocycles. The van der Waals surface area contributed by atoms with Crippen molar-refractivity contribution in [2.75, 3.05) is 6.61 Å². The first-order valence-electron chi connectivity index (χ1n) is 15.4. The number of hydrogen-bond donors (Lipinski definition) is 4. The number of aliphatic hydroxyl groups is 3. The SMILES string of the molecule is C[C@H](CCC(=O)OCC(=O)OC(C(F)(F)F)C(F)(F)S(=O)(=O)O)[C@H]1CC[C@H]2[C@@H]3[C@H](O)CC4C[C@H](O)CC[C@]4(C)[C@H]3C[C@H](O)[C@]12C. The second kappa shape index (κ2) is 12.4. The van der Waals surface area contributed by atoms with Crippen LogP contribution < -0.4 is 0 Å². The summed E-state index contributed by atoms with van der Waals surface area (Å²) in [7, 11) is -6.60. The van der Waals surface area contributed by atoms with Gasteiger partial charge in [0.25, 0.3) is 6.10 Å². The van der Waals surface area contributed by atoms with E-state index in [9.17, 15) is 55.3 Å². The molecule has 0 heterocycles. The molecule has 0 spiro atoms. The van der Waals surface area contributed by atoms with E-state index in [1.807, 2.05) is 13.8 Å². The molecule has 4 saturated carbocycles. The molecule has 4 rings (SSSR count). The van der Waals surface area contributed by atoms with Crippen LogP contribution in [0.4, 0.5) is 22.0 Å². The fourth-order valence-corrected chi connectivity index (χ4v) is 9.97. The van der Waals surface area contributed by atoms with Crippen LogP contribution in [0.1, 0.15) is 78.6 Å². The maximum absolute atomic E-state index is 13.6. The Bertz CT molecular complexity index is 1230. The third-order valence-electron chi connectivity index (χ3n) is 11.9. The van der Waals surface area contributed by atoms with Gasteiger partial charge < -0.3 is 24.8 Å². The molecule has 4 aliphatic rings. The maximum atomic E-state index is 13.6. The van der Waals surface area contributed by atoms with Crippen LogP contribution in [0.3, 0.4) is 0 Å². The van der Waals surface area contributed by atoms with Crippen molar-refractivity contribution in [3.8, 4) is 0 Å². The Morgan fingerprint density at radius 3 is 2.20 bits per heavy atom. The van der Waals surface area contributed by atoms with E-state index >= 15 is 0 Å².